The third-order valence-electron chi connectivity index (χ3n) is 4.02. The SMILES string of the molecule is CC(C)c1cccc(C#Cc2cccc(C(=O)O)c2-n2cccc2)c1. The molecule has 0 radical (unpaired) electrons. The minimum atomic E-state index is -0.964. The van der Waals surface area contributed by atoms with E-state index in [1.165, 1.54) is 5.56 Å². The quantitative estimate of drug-likeness (QED) is 0.708. The van der Waals surface area contributed by atoms with Crippen molar-refractivity contribution in [3.05, 3.63) is 89.2 Å². The summed E-state index contributed by atoms with van der Waals surface area (Å²) in [5.41, 5.74) is 3.67. The standard InChI is InChI=1S/C22H19NO2/c1-16(2)19-9-5-7-17(15-19)11-12-18-8-6-10-20(22(24)25)21(18)23-13-3-4-14-23/h3-10,13-16H,1-2H3,(H,24,25). The second-order valence-corrected chi connectivity index (χ2v) is 6.13. The summed E-state index contributed by atoms with van der Waals surface area (Å²) in [5, 5.41) is 9.51. The molecule has 1 N–H and O–H groups in total. The van der Waals surface area contributed by atoms with Crippen molar-refractivity contribution in [1.29, 1.82) is 0 Å². The molecule has 3 nitrogen and oxygen atoms in total. The third kappa shape index (κ3) is 3.64. The van der Waals surface area contributed by atoms with Crippen LogP contribution in [0.5, 0.6) is 0 Å². The molecule has 3 aromatic rings. The van der Waals surface area contributed by atoms with E-state index < -0.39 is 5.97 Å². The summed E-state index contributed by atoms with van der Waals surface area (Å²) in [7, 11) is 0. The lowest BCUT2D eigenvalue weighted by atomic mass is 10.0. The normalized spacial score (nSPS) is 10.4. The Morgan fingerprint density at radius 1 is 1.00 bits per heavy atom. The Labute approximate surface area is 147 Å². The van der Waals surface area contributed by atoms with Crippen LogP contribution < -0.4 is 0 Å². The van der Waals surface area contributed by atoms with Gasteiger partial charge < -0.3 is 9.67 Å². The van der Waals surface area contributed by atoms with Gasteiger partial charge in [-0.05, 0) is 47.9 Å². The van der Waals surface area contributed by atoms with Crippen LogP contribution in [0, 0.1) is 11.8 Å². The zero-order valence-electron chi connectivity index (χ0n) is 14.2. The average molecular weight is 329 g/mol. The molecule has 3 rings (SSSR count). The fourth-order valence-electron chi connectivity index (χ4n) is 2.69. The first kappa shape index (κ1) is 16.6. The Balaban J connectivity index is 2.09. The van der Waals surface area contributed by atoms with Crippen molar-refractivity contribution in [2.45, 2.75) is 19.8 Å². The first-order chi connectivity index (χ1) is 12.1. The molecule has 3 heteroatoms. The molecule has 1 aromatic heterocycles. The minimum absolute atomic E-state index is 0.235. The number of carboxylic acid groups (broad SMARTS) is 1. The number of para-hydroxylation sites is 1. The number of hydrogen-bond donors (Lipinski definition) is 1. The molecule has 0 aliphatic heterocycles. The highest BCUT2D eigenvalue weighted by atomic mass is 16.4. The zero-order valence-corrected chi connectivity index (χ0v) is 14.2. The third-order valence-corrected chi connectivity index (χ3v) is 4.02. The largest absolute Gasteiger partial charge is 0.478 e. The number of carbonyl (C=O) groups is 1. The van der Waals surface area contributed by atoms with Gasteiger partial charge >= 0.3 is 5.97 Å². The number of rotatable bonds is 3. The van der Waals surface area contributed by atoms with Crippen molar-refractivity contribution in [2.75, 3.05) is 0 Å². The average Bonchev–Trinajstić information content (AvgIpc) is 3.14. The molecular formula is C22H19NO2. The van der Waals surface area contributed by atoms with E-state index >= 15 is 0 Å². The maximum Gasteiger partial charge on any atom is 0.337 e. The first-order valence-electron chi connectivity index (χ1n) is 8.18. The molecule has 0 atom stereocenters. The summed E-state index contributed by atoms with van der Waals surface area (Å²) in [6.07, 6.45) is 3.65. The molecular weight excluding hydrogens is 310 g/mol. The molecule has 0 amide bonds. The van der Waals surface area contributed by atoms with Gasteiger partial charge in [-0.2, -0.15) is 0 Å². The van der Waals surface area contributed by atoms with Gasteiger partial charge in [0.1, 0.15) is 0 Å². The highest BCUT2D eigenvalue weighted by Gasteiger charge is 2.14. The molecule has 0 aliphatic carbocycles. The van der Waals surface area contributed by atoms with E-state index in [2.05, 4.69) is 37.8 Å². The molecule has 0 saturated heterocycles. The fourth-order valence-corrected chi connectivity index (χ4v) is 2.69. The summed E-state index contributed by atoms with van der Waals surface area (Å²) in [6, 6.07) is 17.0. The van der Waals surface area contributed by atoms with Crippen LogP contribution in [-0.4, -0.2) is 15.6 Å². The molecule has 0 aliphatic rings. The highest BCUT2D eigenvalue weighted by Crippen LogP contribution is 2.20. The van der Waals surface area contributed by atoms with Crippen molar-refractivity contribution in [3.63, 3.8) is 0 Å². The van der Waals surface area contributed by atoms with E-state index in [1.807, 2.05) is 42.7 Å². The maximum atomic E-state index is 11.6. The highest BCUT2D eigenvalue weighted by molar-refractivity contribution is 5.93. The molecule has 25 heavy (non-hydrogen) atoms. The van der Waals surface area contributed by atoms with Gasteiger partial charge in [0.05, 0.1) is 11.3 Å². The molecule has 0 fully saturated rings. The van der Waals surface area contributed by atoms with Crippen LogP contribution in [0.1, 0.15) is 46.8 Å². The van der Waals surface area contributed by atoms with Crippen LogP contribution in [0.3, 0.4) is 0 Å². The second-order valence-electron chi connectivity index (χ2n) is 6.13. The Hall–Kier alpha value is -3.25. The Morgan fingerprint density at radius 2 is 1.72 bits per heavy atom. The predicted octanol–water partition coefficient (Wildman–Crippen LogP) is 4.70. The van der Waals surface area contributed by atoms with Crippen molar-refractivity contribution < 1.29 is 9.90 Å². The number of aromatic nitrogens is 1. The molecule has 124 valence electrons. The zero-order chi connectivity index (χ0) is 17.8. The predicted molar refractivity (Wildman–Crippen MR) is 99.2 cm³/mol. The molecule has 0 unspecified atom stereocenters. The summed E-state index contributed by atoms with van der Waals surface area (Å²) < 4.78 is 1.79. The molecule has 0 saturated carbocycles. The molecule has 2 aromatic carbocycles. The number of aromatic carboxylic acids is 1. The lowest BCUT2D eigenvalue weighted by Crippen LogP contribution is -2.06. The van der Waals surface area contributed by atoms with Gasteiger partial charge in [-0.3, -0.25) is 0 Å². The van der Waals surface area contributed by atoms with E-state index in [4.69, 9.17) is 0 Å². The van der Waals surface area contributed by atoms with E-state index in [9.17, 15) is 9.90 Å². The Morgan fingerprint density at radius 3 is 2.40 bits per heavy atom. The molecule has 1 heterocycles. The van der Waals surface area contributed by atoms with E-state index in [0.29, 0.717) is 17.2 Å². The molecule has 0 spiro atoms. The van der Waals surface area contributed by atoms with E-state index in [0.717, 1.165) is 5.56 Å². The van der Waals surface area contributed by atoms with Gasteiger partial charge in [0, 0.05) is 23.5 Å². The topological polar surface area (TPSA) is 42.2 Å². The number of carboxylic acids is 1. The molecule has 0 bridgehead atoms. The van der Waals surface area contributed by atoms with Crippen molar-refractivity contribution in [1.82, 2.24) is 4.57 Å². The lowest BCUT2D eigenvalue weighted by Gasteiger charge is -2.10. The van der Waals surface area contributed by atoms with Crippen LogP contribution in [0.4, 0.5) is 0 Å². The lowest BCUT2D eigenvalue weighted by molar-refractivity contribution is 0.0697. The van der Waals surface area contributed by atoms with Crippen LogP contribution >= 0.6 is 0 Å². The smallest absolute Gasteiger partial charge is 0.337 e. The van der Waals surface area contributed by atoms with Gasteiger partial charge in [-0.25, -0.2) is 4.79 Å². The number of nitrogens with zero attached hydrogens (tertiary/aromatic N) is 1. The van der Waals surface area contributed by atoms with E-state index in [1.54, 1.807) is 16.7 Å². The van der Waals surface area contributed by atoms with Crippen LogP contribution in [0.2, 0.25) is 0 Å². The summed E-state index contributed by atoms with van der Waals surface area (Å²) >= 11 is 0. The minimum Gasteiger partial charge on any atom is -0.478 e. The van der Waals surface area contributed by atoms with Crippen molar-refractivity contribution in [2.24, 2.45) is 0 Å². The van der Waals surface area contributed by atoms with Gasteiger partial charge in [-0.15, -0.1) is 0 Å². The van der Waals surface area contributed by atoms with Gasteiger partial charge in [0.2, 0.25) is 0 Å². The summed E-state index contributed by atoms with van der Waals surface area (Å²) in [6.45, 7) is 4.29. The van der Waals surface area contributed by atoms with Crippen LogP contribution in [-0.2, 0) is 0 Å². The monoisotopic (exact) mass is 329 g/mol. The Bertz CT molecular complexity index is 957. The van der Waals surface area contributed by atoms with Crippen LogP contribution in [0.25, 0.3) is 5.69 Å². The first-order valence-corrected chi connectivity index (χ1v) is 8.18. The van der Waals surface area contributed by atoms with Gasteiger partial charge in [0.25, 0.3) is 0 Å². The van der Waals surface area contributed by atoms with E-state index in [-0.39, 0.29) is 5.56 Å². The van der Waals surface area contributed by atoms with Crippen molar-refractivity contribution >= 4 is 5.97 Å². The fraction of sp³-hybridized carbons (Fsp3) is 0.136. The van der Waals surface area contributed by atoms with Gasteiger partial charge in [-0.1, -0.05) is 43.9 Å². The second kappa shape index (κ2) is 7.11. The van der Waals surface area contributed by atoms with Gasteiger partial charge in [0.15, 0.2) is 0 Å². The summed E-state index contributed by atoms with van der Waals surface area (Å²) in [4.78, 5) is 11.6. The number of benzene rings is 2. The van der Waals surface area contributed by atoms with Crippen molar-refractivity contribution in [3.8, 4) is 17.5 Å². The Kier molecular flexibility index (Phi) is 4.72. The maximum absolute atomic E-state index is 11.6. The summed E-state index contributed by atoms with van der Waals surface area (Å²) in [5.74, 6) is 5.79. The number of hydrogen-bond acceptors (Lipinski definition) is 1. The van der Waals surface area contributed by atoms with Crippen LogP contribution in [0.15, 0.2) is 67.0 Å².